The smallest absolute Gasteiger partial charge is 0.335 e. The summed E-state index contributed by atoms with van der Waals surface area (Å²) in [6.45, 7) is 1.58. The minimum Gasteiger partial charge on any atom is -0.335 e. The number of nitrogens with zero attached hydrogens (tertiary/aromatic N) is 2. The largest absolute Gasteiger partial charge is 0.350 e. The van der Waals surface area contributed by atoms with Crippen LogP contribution in [0.25, 0.3) is 0 Å². The number of alkyl halides is 1. The molecular weight excluding hydrogens is 218 g/mol. The van der Waals surface area contributed by atoms with E-state index in [2.05, 4.69) is 0 Å². The Bertz CT molecular complexity index is 515. The SMILES string of the molecule is CC(Cl)n1c(=O)c2c(n(N)c1=O)CCC2. The highest BCUT2D eigenvalue weighted by atomic mass is 35.5. The van der Waals surface area contributed by atoms with Crippen molar-refractivity contribution in [1.82, 2.24) is 9.24 Å². The molecule has 0 aliphatic heterocycles. The average Bonchev–Trinajstić information content (AvgIpc) is 2.62. The predicted molar refractivity (Wildman–Crippen MR) is 57.7 cm³/mol. The number of fused-ring (bicyclic) bond motifs is 1. The Morgan fingerprint density at radius 3 is 2.67 bits per heavy atom. The van der Waals surface area contributed by atoms with E-state index in [4.69, 9.17) is 17.4 Å². The second kappa shape index (κ2) is 3.41. The summed E-state index contributed by atoms with van der Waals surface area (Å²) < 4.78 is 2.04. The number of rotatable bonds is 1. The summed E-state index contributed by atoms with van der Waals surface area (Å²) in [5.41, 5.74) is -0.228. The second-order valence-electron chi connectivity index (χ2n) is 3.68. The number of hydrogen-bond donors (Lipinski definition) is 1. The van der Waals surface area contributed by atoms with Gasteiger partial charge in [0.05, 0.1) is 5.69 Å². The van der Waals surface area contributed by atoms with Crippen LogP contribution in [0.15, 0.2) is 9.59 Å². The van der Waals surface area contributed by atoms with Crippen molar-refractivity contribution in [2.75, 3.05) is 5.84 Å². The normalized spacial score (nSPS) is 16.4. The maximum atomic E-state index is 11.9. The van der Waals surface area contributed by atoms with Gasteiger partial charge in [-0.2, -0.15) is 0 Å². The lowest BCUT2D eigenvalue weighted by Crippen LogP contribution is -2.45. The lowest BCUT2D eigenvalue weighted by atomic mass is 10.2. The van der Waals surface area contributed by atoms with Gasteiger partial charge in [0.2, 0.25) is 0 Å². The van der Waals surface area contributed by atoms with Gasteiger partial charge in [-0.15, -0.1) is 0 Å². The molecule has 15 heavy (non-hydrogen) atoms. The molecule has 0 saturated carbocycles. The van der Waals surface area contributed by atoms with Crippen LogP contribution < -0.4 is 17.1 Å². The van der Waals surface area contributed by atoms with E-state index >= 15 is 0 Å². The van der Waals surface area contributed by atoms with Gasteiger partial charge in [-0.05, 0) is 26.2 Å². The lowest BCUT2D eigenvalue weighted by Gasteiger charge is -2.12. The summed E-state index contributed by atoms with van der Waals surface area (Å²) in [6.07, 6.45) is 2.23. The monoisotopic (exact) mass is 229 g/mol. The average molecular weight is 230 g/mol. The van der Waals surface area contributed by atoms with E-state index in [1.165, 1.54) is 0 Å². The van der Waals surface area contributed by atoms with Gasteiger partial charge in [0.25, 0.3) is 5.56 Å². The van der Waals surface area contributed by atoms with Crippen LogP contribution in [0, 0.1) is 0 Å². The highest BCUT2D eigenvalue weighted by molar-refractivity contribution is 6.18. The van der Waals surface area contributed by atoms with Gasteiger partial charge in [0, 0.05) is 5.56 Å². The van der Waals surface area contributed by atoms with Crippen LogP contribution in [0.1, 0.15) is 30.1 Å². The van der Waals surface area contributed by atoms with Crippen molar-refractivity contribution in [1.29, 1.82) is 0 Å². The molecule has 5 nitrogen and oxygen atoms in total. The zero-order valence-electron chi connectivity index (χ0n) is 8.36. The molecule has 2 N–H and O–H groups in total. The number of aromatic nitrogens is 2. The van der Waals surface area contributed by atoms with Gasteiger partial charge in [0.15, 0.2) is 0 Å². The van der Waals surface area contributed by atoms with Crippen LogP contribution in [0.4, 0.5) is 0 Å². The highest BCUT2D eigenvalue weighted by Gasteiger charge is 2.23. The van der Waals surface area contributed by atoms with Crippen LogP contribution >= 0.6 is 11.6 Å². The van der Waals surface area contributed by atoms with Crippen LogP contribution in [-0.4, -0.2) is 9.24 Å². The first-order valence-electron chi connectivity index (χ1n) is 4.82. The molecule has 0 saturated heterocycles. The van der Waals surface area contributed by atoms with Crippen molar-refractivity contribution in [3.8, 4) is 0 Å². The first-order valence-corrected chi connectivity index (χ1v) is 5.26. The minimum atomic E-state index is -0.675. The topological polar surface area (TPSA) is 70.0 Å². The van der Waals surface area contributed by atoms with Gasteiger partial charge in [-0.25, -0.2) is 14.0 Å². The molecule has 0 bridgehead atoms. The molecule has 0 fully saturated rings. The van der Waals surface area contributed by atoms with E-state index in [0.29, 0.717) is 24.1 Å². The van der Waals surface area contributed by atoms with Crippen molar-refractivity contribution < 1.29 is 0 Å². The zero-order valence-corrected chi connectivity index (χ0v) is 9.12. The van der Waals surface area contributed by atoms with Gasteiger partial charge >= 0.3 is 5.69 Å². The quantitative estimate of drug-likeness (QED) is 0.543. The molecular formula is C9H12ClN3O2. The number of hydrogen-bond acceptors (Lipinski definition) is 3. The van der Waals surface area contributed by atoms with Gasteiger partial charge in [0.1, 0.15) is 5.50 Å². The Balaban J connectivity index is 2.86. The molecule has 1 heterocycles. The molecule has 1 aliphatic rings. The van der Waals surface area contributed by atoms with E-state index in [9.17, 15) is 9.59 Å². The second-order valence-corrected chi connectivity index (χ2v) is 4.31. The Hall–Kier alpha value is -1.23. The van der Waals surface area contributed by atoms with Crippen molar-refractivity contribution in [2.45, 2.75) is 31.7 Å². The van der Waals surface area contributed by atoms with E-state index in [-0.39, 0.29) is 5.56 Å². The molecule has 0 spiro atoms. The Kier molecular flexibility index (Phi) is 2.34. The molecule has 1 atom stereocenters. The van der Waals surface area contributed by atoms with E-state index in [0.717, 1.165) is 15.7 Å². The summed E-state index contributed by atoms with van der Waals surface area (Å²) >= 11 is 5.78. The maximum Gasteiger partial charge on any atom is 0.350 e. The summed E-state index contributed by atoms with van der Waals surface area (Å²) in [7, 11) is 0. The molecule has 1 aliphatic carbocycles. The minimum absolute atomic E-state index is 0.295. The third-order valence-corrected chi connectivity index (χ3v) is 2.92. The fourth-order valence-corrected chi connectivity index (χ4v) is 2.17. The molecule has 6 heteroatoms. The summed E-state index contributed by atoms with van der Waals surface area (Å²) in [5, 5.41) is 0. The van der Waals surface area contributed by atoms with E-state index < -0.39 is 11.2 Å². The summed E-state index contributed by atoms with van der Waals surface area (Å²) in [5.74, 6) is 5.63. The summed E-state index contributed by atoms with van der Waals surface area (Å²) in [6, 6.07) is 0. The van der Waals surface area contributed by atoms with Gasteiger partial charge in [-0.3, -0.25) is 4.79 Å². The predicted octanol–water partition coefficient (Wildman–Crippen LogP) is -0.0302. The van der Waals surface area contributed by atoms with Crippen LogP contribution in [0.3, 0.4) is 0 Å². The first kappa shape index (κ1) is 10.3. The summed E-state index contributed by atoms with van der Waals surface area (Å²) in [4.78, 5) is 23.6. The molecule has 2 rings (SSSR count). The highest BCUT2D eigenvalue weighted by Crippen LogP contribution is 2.16. The molecule has 0 radical (unpaired) electrons. The molecule has 1 aromatic heterocycles. The Labute approximate surface area is 91.0 Å². The van der Waals surface area contributed by atoms with Crippen molar-refractivity contribution in [3.63, 3.8) is 0 Å². The van der Waals surface area contributed by atoms with Gasteiger partial charge in [-0.1, -0.05) is 11.6 Å². The van der Waals surface area contributed by atoms with Crippen molar-refractivity contribution >= 4 is 11.6 Å². The molecule has 1 unspecified atom stereocenters. The third-order valence-electron chi connectivity index (χ3n) is 2.72. The van der Waals surface area contributed by atoms with E-state index in [1.807, 2.05) is 0 Å². The van der Waals surface area contributed by atoms with Crippen molar-refractivity contribution in [3.05, 3.63) is 32.1 Å². The van der Waals surface area contributed by atoms with E-state index in [1.54, 1.807) is 6.92 Å². The number of nitrogen functional groups attached to an aromatic ring is 1. The molecule has 0 amide bonds. The standard InChI is InChI=1S/C9H12ClN3O2/c1-5(10)12-8(14)6-3-2-4-7(6)13(11)9(12)15/h5H,2-4,11H2,1H3. The Morgan fingerprint density at radius 1 is 1.40 bits per heavy atom. The Morgan fingerprint density at radius 2 is 2.07 bits per heavy atom. The number of halogens is 1. The molecule has 0 aromatic carbocycles. The molecule has 82 valence electrons. The number of nitrogens with two attached hydrogens (primary N) is 1. The van der Waals surface area contributed by atoms with Crippen LogP contribution in [-0.2, 0) is 12.8 Å². The lowest BCUT2D eigenvalue weighted by molar-refractivity contribution is 0.600. The zero-order chi connectivity index (χ0) is 11.2. The fraction of sp³-hybridized carbons (Fsp3) is 0.556. The fourth-order valence-electron chi connectivity index (χ4n) is 2.00. The van der Waals surface area contributed by atoms with Crippen LogP contribution in [0.5, 0.6) is 0 Å². The first-order chi connectivity index (χ1) is 7.04. The van der Waals surface area contributed by atoms with Crippen molar-refractivity contribution in [2.24, 2.45) is 0 Å². The third kappa shape index (κ3) is 1.38. The molecule has 1 aromatic rings. The van der Waals surface area contributed by atoms with Gasteiger partial charge < -0.3 is 5.84 Å². The maximum absolute atomic E-state index is 11.9. The van der Waals surface area contributed by atoms with Crippen LogP contribution in [0.2, 0.25) is 0 Å².